The van der Waals surface area contributed by atoms with E-state index in [4.69, 9.17) is 4.74 Å². The van der Waals surface area contributed by atoms with Crippen molar-refractivity contribution >= 4 is 0 Å². The number of ether oxygens (including phenoxy) is 1. The first-order chi connectivity index (χ1) is 19.8. The Kier molecular flexibility index (Phi) is 11.7. The second-order valence-corrected chi connectivity index (χ2v) is 12.2. The van der Waals surface area contributed by atoms with Gasteiger partial charge in [-0.3, -0.25) is 0 Å². The third kappa shape index (κ3) is 7.94. The zero-order chi connectivity index (χ0) is 29.4. The first kappa shape index (κ1) is 31.6. The predicted molar refractivity (Wildman–Crippen MR) is 156 cm³/mol. The van der Waals surface area contributed by atoms with Gasteiger partial charge in [0.2, 0.25) is 5.82 Å². The molecule has 4 rings (SSSR count). The molecule has 6 heteroatoms. The topological polar surface area (TPSA) is 29.5 Å². The number of aliphatic hydroxyl groups excluding tert-OH is 1. The van der Waals surface area contributed by atoms with E-state index in [9.17, 15) is 13.9 Å². The zero-order valence-electron chi connectivity index (χ0n) is 24.5. The number of allylic oxidation sites excluding steroid dienone is 1. The van der Waals surface area contributed by atoms with Gasteiger partial charge >= 0.3 is 0 Å². The highest BCUT2D eigenvalue weighted by Crippen LogP contribution is 2.43. The minimum absolute atomic E-state index is 0.00230. The second-order valence-electron chi connectivity index (χ2n) is 12.2. The number of aryl methyl sites for hydroxylation is 1. The van der Waals surface area contributed by atoms with Crippen LogP contribution in [0.1, 0.15) is 119 Å². The second kappa shape index (κ2) is 15.2. The molecule has 2 aliphatic rings. The van der Waals surface area contributed by atoms with E-state index in [1.165, 1.54) is 6.07 Å². The van der Waals surface area contributed by atoms with E-state index >= 15 is 8.78 Å². The van der Waals surface area contributed by atoms with Crippen molar-refractivity contribution in [2.45, 2.75) is 115 Å². The summed E-state index contributed by atoms with van der Waals surface area (Å²) in [6.07, 6.45) is 12.3. The average molecular weight is 575 g/mol. The highest BCUT2D eigenvalue weighted by molar-refractivity contribution is 5.33. The van der Waals surface area contributed by atoms with Gasteiger partial charge in [-0.2, -0.15) is 4.39 Å². The highest BCUT2D eigenvalue weighted by atomic mass is 19.2. The van der Waals surface area contributed by atoms with E-state index < -0.39 is 23.3 Å². The van der Waals surface area contributed by atoms with Crippen molar-refractivity contribution in [2.24, 2.45) is 11.8 Å². The molecule has 0 spiro atoms. The van der Waals surface area contributed by atoms with Gasteiger partial charge in [-0.1, -0.05) is 37.6 Å². The molecule has 2 fully saturated rings. The fraction of sp³-hybridized carbons (Fsp3) is 0.600. The Labute approximate surface area is 243 Å². The smallest absolute Gasteiger partial charge is 0.200 e. The van der Waals surface area contributed by atoms with Crippen molar-refractivity contribution in [3.63, 3.8) is 0 Å². The van der Waals surface area contributed by atoms with Gasteiger partial charge in [-0.25, -0.2) is 13.2 Å². The molecule has 0 aliphatic heterocycles. The summed E-state index contributed by atoms with van der Waals surface area (Å²) in [7, 11) is 0. The number of hydrogen-bond acceptors (Lipinski definition) is 2. The summed E-state index contributed by atoms with van der Waals surface area (Å²) in [5, 5.41) is 10.3. The van der Waals surface area contributed by atoms with Crippen LogP contribution in [0, 0.1) is 35.1 Å². The molecule has 2 saturated carbocycles. The molecule has 0 radical (unpaired) electrons. The average Bonchev–Trinajstić information content (AvgIpc) is 2.99. The summed E-state index contributed by atoms with van der Waals surface area (Å²) in [4.78, 5) is 0. The number of unbranched alkanes of at least 4 members (excludes halogenated alkanes) is 1. The van der Waals surface area contributed by atoms with Gasteiger partial charge < -0.3 is 9.84 Å². The summed E-state index contributed by atoms with van der Waals surface area (Å²) in [6.45, 7) is 6.01. The van der Waals surface area contributed by atoms with Crippen LogP contribution in [-0.4, -0.2) is 17.8 Å². The van der Waals surface area contributed by atoms with E-state index in [1.807, 2.05) is 0 Å². The Morgan fingerprint density at radius 3 is 2.05 bits per heavy atom. The van der Waals surface area contributed by atoms with Crippen molar-refractivity contribution in [3.8, 4) is 5.75 Å². The molecule has 0 amide bonds. The molecule has 1 unspecified atom stereocenters. The van der Waals surface area contributed by atoms with Crippen molar-refractivity contribution in [1.29, 1.82) is 0 Å². The van der Waals surface area contributed by atoms with Gasteiger partial charge in [0.15, 0.2) is 23.2 Å². The summed E-state index contributed by atoms with van der Waals surface area (Å²) in [6, 6.07) is 6.68. The van der Waals surface area contributed by atoms with Crippen molar-refractivity contribution in [2.75, 3.05) is 6.61 Å². The number of aliphatic hydroxyl groups is 1. The van der Waals surface area contributed by atoms with Gasteiger partial charge in [0.1, 0.15) is 0 Å². The molecular formula is C35H46F4O2. The van der Waals surface area contributed by atoms with Gasteiger partial charge in [0, 0.05) is 0 Å². The van der Waals surface area contributed by atoms with E-state index in [2.05, 4.69) is 13.5 Å². The first-order valence-electron chi connectivity index (χ1n) is 15.7. The maximum atomic E-state index is 15.3. The Morgan fingerprint density at radius 1 is 0.854 bits per heavy atom. The predicted octanol–water partition coefficient (Wildman–Crippen LogP) is 9.93. The maximum Gasteiger partial charge on any atom is 0.200 e. The van der Waals surface area contributed by atoms with E-state index in [-0.39, 0.29) is 29.6 Å². The molecule has 2 aliphatic carbocycles. The third-order valence-corrected chi connectivity index (χ3v) is 9.53. The van der Waals surface area contributed by atoms with E-state index in [0.717, 1.165) is 77.0 Å². The van der Waals surface area contributed by atoms with Crippen LogP contribution in [0.4, 0.5) is 17.6 Å². The fourth-order valence-corrected chi connectivity index (χ4v) is 6.96. The Balaban J connectivity index is 1.27. The largest absolute Gasteiger partial charge is 0.490 e. The SMILES string of the molecule is C=CCCCOc1ccc(CCC2CCC(c3ccc(C4CCC(C(O)CCC)CC4)c(F)c3F)CC2)c(F)c1F. The Hall–Kier alpha value is -2.34. The number of benzene rings is 2. The van der Waals surface area contributed by atoms with Crippen molar-refractivity contribution in [3.05, 3.63) is 76.9 Å². The molecule has 0 heterocycles. The molecule has 2 aromatic rings. The molecule has 0 saturated heterocycles. The summed E-state index contributed by atoms with van der Waals surface area (Å²) < 4.78 is 65.1. The maximum absolute atomic E-state index is 15.3. The van der Waals surface area contributed by atoms with Crippen LogP contribution in [0.15, 0.2) is 36.9 Å². The minimum Gasteiger partial charge on any atom is -0.490 e. The van der Waals surface area contributed by atoms with Crippen molar-refractivity contribution < 1.29 is 27.4 Å². The summed E-state index contributed by atoms with van der Waals surface area (Å²) >= 11 is 0. The van der Waals surface area contributed by atoms with Crippen LogP contribution in [0.25, 0.3) is 0 Å². The Morgan fingerprint density at radius 2 is 1.46 bits per heavy atom. The first-order valence-corrected chi connectivity index (χ1v) is 15.7. The minimum atomic E-state index is -0.937. The van der Waals surface area contributed by atoms with Crippen LogP contribution in [0.3, 0.4) is 0 Å². The Bertz CT molecular complexity index is 1130. The lowest BCUT2D eigenvalue weighted by atomic mass is 9.74. The molecule has 41 heavy (non-hydrogen) atoms. The van der Waals surface area contributed by atoms with E-state index in [1.54, 1.807) is 24.3 Å². The quantitative estimate of drug-likeness (QED) is 0.147. The lowest BCUT2D eigenvalue weighted by Gasteiger charge is -2.32. The summed E-state index contributed by atoms with van der Waals surface area (Å²) in [5.41, 5.74) is 1.29. The lowest BCUT2D eigenvalue weighted by molar-refractivity contribution is 0.0727. The molecule has 0 aromatic heterocycles. The molecule has 226 valence electrons. The normalized spacial score (nSPS) is 23.8. The lowest BCUT2D eigenvalue weighted by Crippen LogP contribution is -2.25. The van der Waals surface area contributed by atoms with Gasteiger partial charge in [0.05, 0.1) is 12.7 Å². The highest BCUT2D eigenvalue weighted by Gasteiger charge is 2.31. The van der Waals surface area contributed by atoms with Crippen LogP contribution in [0.5, 0.6) is 5.75 Å². The molecular weight excluding hydrogens is 528 g/mol. The van der Waals surface area contributed by atoms with Crippen LogP contribution < -0.4 is 4.74 Å². The van der Waals surface area contributed by atoms with Crippen LogP contribution >= 0.6 is 0 Å². The van der Waals surface area contributed by atoms with Gasteiger partial charge in [-0.15, -0.1) is 6.58 Å². The standard InChI is InChI=1S/C35H46F4O2/c1-3-5-6-22-41-31-21-18-27(32(36)35(31)39)13-10-23-8-11-24(12-9-23)28-19-20-29(34(38)33(28)37)25-14-16-26(17-15-25)30(40)7-4-2/h3,18-21,23-26,30,40H,1,4-17,22H2,2H3. The zero-order valence-corrected chi connectivity index (χ0v) is 24.5. The number of halogens is 4. The number of rotatable bonds is 13. The van der Waals surface area contributed by atoms with Crippen molar-refractivity contribution in [1.82, 2.24) is 0 Å². The van der Waals surface area contributed by atoms with Gasteiger partial charge in [-0.05, 0) is 130 Å². The van der Waals surface area contributed by atoms with Crippen LogP contribution in [-0.2, 0) is 6.42 Å². The van der Waals surface area contributed by atoms with Gasteiger partial charge in [0.25, 0.3) is 0 Å². The monoisotopic (exact) mass is 574 g/mol. The number of hydrogen-bond donors (Lipinski definition) is 1. The molecule has 2 aromatic carbocycles. The molecule has 2 nitrogen and oxygen atoms in total. The molecule has 0 bridgehead atoms. The van der Waals surface area contributed by atoms with E-state index in [0.29, 0.717) is 42.1 Å². The molecule has 1 N–H and O–H groups in total. The third-order valence-electron chi connectivity index (χ3n) is 9.53. The fourth-order valence-electron chi connectivity index (χ4n) is 6.96. The molecule has 1 atom stereocenters. The summed E-state index contributed by atoms with van der Waals surface area (Å²) in [5.74, 6) is -2.67. The van der Waals surface area contributed by atoms with Crippen LogP contribution in [0.2, 0.25) is 0 Å².